The van der Waals surface area contributed by atoms with Crippen molar-refractivity contribution in [3.8, 4) is 0 Å². The summed E-state index contributed by atoms with van der Waals surface area (Å²) in [6, 6.07) is 18.7. The molecule has 0 aromatic heterocycles. The van der Waals surface area contributed by atoms with Crippen LogP contribution < -0.4 is 5.32 Å². The molecule has 0 radical (unpaired) electrons. The van der Waals surface area contributed by atoms with E-state index in [1.165, 1.54) is 28.1 Å². The molecule has 1 saturated heterocycles. The van der Waals surface area contributed by atoms with Crippen molar-refractivity contribution in [2.75, 3.05) is 19.7 Å². The monoisotopic (exact) mass is 624 g/mol. The van der Waals surface area contributed by atoms with Gasteiger partial charge in [0, 0.05) is 28.1 Å². The molecule has 10 heteroatoms. The van der Waals surface area contributed by atoms with Gasteiger partial charge in [-0.2, -0.15) is 4.31 Å². The van der Waals surface area contributed by atoms with Gasteiger partial charge in [0.2, 0.25) is 10.0 Å². The fourth-order valence-corrected chi connectivity index (χ4v) is 7.39. The second kappa shape index (κ2) is 12.3. The summed E-state index contributed by atoms with van der Waals surface area (Å²) in [5, 5.41) is 13.1. The summed E-state index contributed by atoms with van der Waals surface area (Å²) in [5.41, 5.74) is 1.98. The Morgan fingerprint density at radius 3 is 2.41 bits per heavy atom. The van der Waals surface area contributed by atoms with Crippen molar-refractivity contribution < 1.29 is 18.3 Å². The van der Waals surface area contributed by atoms with Crippen LogP contribution in [-0.2, 0) is 16.4 Å². The molecule has 0 unspecified atom stereocenters. The number of halogens is 3. The highest BCUT2D eigenvalue weighted by Crippen LogP contribution is 2.31. The van der Waals surface area contributed by atoms with Crippen LogP contribution in [0, 0.1) is 5.92 Å². The number of amides is 1. The van der Waals surface area contributed by atoms with E-state index in [4.69, 9.17) is 23.2 Å². The summed E-state index contributed by atoms with van der Waals surface area (Å²) >= 11 is 15.8. The lowest BCUT2D eigenvalue weighted by Gasteiger charge is -2.31. The SMILES string of the molecule is O=C(N[C@@H](CO)c1cc(Cl)cc(Br)c1)c1ccc(Cl)c(S(=O)(=O)N2CCC(Cc3ccccc3)CC2)c1. The third-order valence-electron chi connectivity index (χ3n) is 6.53. The molecule has 0 bridgehead atoms. The maximum atomic E-state index is 13.5. The highest BCUT2D eigenvalue weighted by atomic mass is 79.9. The Hall–Kier alpha value is -1.94. The van der Waals surface area contributed by atoms with Crippen LogP contribution in [0.4, 0.5) is 0 Å². The minimum absolute atomic E-state index is 0.0560. The number of carbonyl (C=O) groups is 1. The largest absolute Gasteiger partial charge is 0.394 e. The van der Waals surface area contributed by atoms with Crippen molar-refractivity contribution in [3.05, 3.63) is 97.9 Å². The van der Waals surface area contributed by atoms with E-state index in [1.807, 2.05) is 18.2 Å². The van der Waals surface area contributed by atoms with Gasteiger partial charge in [-0.3, -0.25) is 4.79 Å². The number of aliphatic hydroxyl groups is 1. The summed E-state index contributed by atoms with van der Waals surface area (Å²) in [6.07, 6.45) is 2.42. The number of piperidine rings is 1. The number of rotatable bonds is 8. The lowest BCUT2D eigenvalue weighted by atomic mass is 9.91. The van der Waals surface area contributed by atoms with Gasteiger partial charge in [0.05, 0.1) is 17.7 Å². The van der Waals surface area contributed by atoms with Crippen molar-refractivity contribution in [2.24, 2.45) is 5.92 Å². The van der Waals surface area contributed by atoms with Gasteiger partial charge in [-0.25, -0.2) is 8.42 Å². The molecule has 1 fully saturated rings. The second-order valence-corrected chi connectivity index (χ2v) is 12.8. The lowest BCUT2D eigenvalue weighted by Crippen LogP contribution is -2.39. The summed E-state index contributed by atoms with van der Waals surface area (Å²) in [5.74, 6) is -0.131. The Kier molecular flexibility index (Phi) is 9.32. The molecule has 1 aliphatic rings. The molecule has 4 rings (SSSR count). The highest BCUT2D eigenvalue weighted by Gasteiger charge is 2.31. The summed E-state index contributed by atoms with van der Waals surface area (Å²) in [7, 11) is -3.89. The molecule has 0 spiro atoms. The van der Waals surface area contributed by atoms with Crippen molar-refractivity contribution in [3.63, 3.8) is 0 Å². The first-order valence-electron chi connectivity index (χ1n) is 11.9. The fourth-order valence-electron chi connectivity index (χ4n) is 4.53. The van der Waals surface area contributed by atoms with E-state index in [2.05, 4.69) is 33.4 Å². The third kappa shape index (κ3) is 6.93. The minimum atomic E-state index is -3.89. The predicted octanol–water partition coefficient (Wildman–Crippen LogP) is 5.86. The number of benzene rings is 3. The van der Waals surface area contributed by atoms with Crippen LogP contribution in [0.1, 0.15) is 40.4 Å². The number of nitrogens with zero attached hydrogens (tertiary/aromatic N) is 1. The van der Waals surface area contributed by atoms with E-state index in [-0.39, 0.29) is 22.1 Å². The van der Waals surface area contributed by atoms with Crippen molar-refractivity contribution in [1.82, 2.24) is 9.62 Å². The number of carbonyl (C=O) groups excluding carboxylic acids is 1. The lowest BCUT2D eigenvalue weighted by molar-refractivity contribution is 0.0916. The standard InChI is InChI=1S/C27H27BrCl2N2O4S/c28-22-13-21(14-23(29)16-22)25(17-33)31-27(34)20-6-7-24(30)26(15-20)37(35,36)32-10-8-19(9-11-32)12-18-4-2-1-3-5-18/h1-7,13-16,19,25,33H,8-12,17H2,(H,31,34)/t25-/m0/s1. The maximum absolute atomic E-state index is 13.5. The fraction of sp³-hybridized carbons (Fsp3) is 0.296. The van der Waals surface area contributed by atoms with Crippen LogP contribution in [0.5, 0.6) is 0 Å². The summed E-state index contributed by atoms with van der Waals surface area (Å²) in [4.78, 5) is 12.9. The zero-order valence-corrected chi connectivity index (χ0v) is 23.8. The van der Waals surface area contributed by atoms with E-state index >= 15 is 0 Å². The molecule has 0 saturated carbocycles. The van der Waals surface area contributed by atoms with Crippen LogP contribution in [-0.4, -0.2) is 43.4 Å². The topological polar surface area (TPSA) is 86.7 Å². The van der Waals surface area contributed by atoms with Gasteiger partial charge in [-0.15, -0.1) is 0 Å². The minimum Gasteiger partial charge on any atom is -0.394 e. The molecule has 2 N–H and O–H groups in total. The normalized spacial score (nSPS) is 15.9. The van der Waals surface area contributed by atoms with Crippen LogP contribution in [0.25, 0.3) is 0 Å². The zero-order valence-electron chi connectivity index (χ0n) is 19.9. The number of sulfonamides is 1. The van der Waals surface area contributed by atoms with Crippen LogP contribution in [0.2, 0.25) is 10.0 Å². The van der Waals surface area contributed by atoms with Crippen LogP contribution in [0.15, 0.2) is 76.1 Å². The van der Waals surface area contributed by atoms with Crippen LogP contribution >= 0.6 is 39.1 Å². The molecule has 3 aromatic carbocycles. The first-order valence-corrected chi connectivity index (χ1v) is 14.9. The van der Waals surface area contributed by atoms with Crippen LogP contribution in [0.3, 0.4) is 0 Å². The summed E-state index contributed by atoms with van der Waals surface area (Å²) in [6.45, 7) is 0.417. The molecular weight excluding hydrogens is 599 g/mol. The summed E-state index contributed by atoms with van der Waals surface area (Å²) < 4.78 is 29.1. The van der Waals surface area contributed by atoms with Gasteiger partial charge in [0.15, 0.2) is 0 Å². The molecule has 1 heterocycles. The second-order valence-electron chi connectivity index (χ2n) is 9.09. The molecule has 1 amide bonds. The van der Waals surface area contributed by atoms with Gasteiger partial charge in [0.1, 0.15) is 4.90 Å². The van der Waals surface area contributed by atoms with Crippen molar-refractivity contribution in [1.29, 1.82) is 0 Å². The molecular formula is C27H27BrCl2N2O4S. The van der Waals surface area contributed by atoms with Gasteiger partial charge in [-0.1, -0.05) is 69.5 Å². The van der Waals surface area contributed by atoms with Crippen molar-refractivity contribution >= 4 is 55.1 Å². The van der Waals surface area contributed by atoms with E-state index in [1.54, 1.807) is 18.2 Å². The zero-order chi connectivity index (χ0) is 26.6. The Bertz CT molecular complexity index is 1340. The predicted molar refractivity (Wildman–Crippen MR) is 150 cm³/mol. The van der Waals surface area contributed by atoms with E-state index in [9.17, 15) is 18.3 Å². The molecule has 3 aromatic rings. The first kappa shape index (κ1) is 28.1. The number of aliphatic hydroxyl groups excluding tert-OH is 1. The molecule has 1 aliphatic heterocycles. The number of hydrogen-bond acceptors (Lipinski definition) is 4. The Morgan fingerprint density at radius 2 is 1.76 bits per heavy atom. The van der Waals surface area contributed by atoms with Gasteiger partial charge in [-0.05, 0) is 72.7 Å². The quantitative estimate of drug-likeness (QED) is 0.328. The Morgan fingerprint density at radius 1 is 1.05 bits per heavy atom. The molecule has 37 heavy (non-hydrogen) atoms. The molecule has 0 aliphatic carbocycles. The molecule has 6 nitrogen and oxygen atoms in total. The highest BCUT2D eigenvalue weighted by molar-refractivity contribution is 9.10. The third-order valence-corrected chi connectivity index (χ3v) is 9.58. The average Bonchev–Trinajstić information content (AvgIpc) is 2.87. The van der Waals surface area contributed by atoms with E-state index in [0.717, 1.165) is 19.3 Å². The first-order chi connectivity index (χ1) is 17.7. The Balaban J connectivity index is 1.47. The number of nitrogens with one attached hydrogen (secondary N) is 1. The van der Waals surface area contributed by atoms with E-state index in [0.29, 0.717) is 34.1 Å². The molecule has 196 valence electrons. The smallest absolute Gasteiger partial charge is 0.251 e. The van der Waals surface area contributed by atoms with Gasteiger partial charge < -0.3 is 10.4 Å². The van der Waals surface area contributed by atoms with Gasteiger partial charge in [0.25, 0.3) is 5.91 Å². The average molecular weight is 626 g/mol. The number of hydrogen-bond donors (Lipinski definition) is 2. The Labute approximate surface area is 235 Å². The van der Waals surface area contributed by atoms with Crippen molar-refractivity contribution in [2.45, 2.75) is 30.2 Å². The molecule has 1 atom stereocenters. The maximum Gasteiger partial charge on any atom is 0.251 e. The van der Waals surface area contributed by atoms with Gasteiger partial charge >= 0.3 is 0 Å². The van der Waals surface area contributed by atoms with E-state index < -0.39 is 22.0 Å².